The van der Waals surface area contributed by atoms with Crippen LogP contribution in [0, 0.1) is 6.92 Å². The first-order valence-electron chi connectivity index (χ1n) is 5.30. The first-order valence-corrected chi connectivity index (χ1v) is 5.30. The molecule has 0 heterocycles. The van der Waals surface area contributed by atoms with Gasteiger partial charge in [0.1, 0.15) is 11.8 Å². The van der Waals surface area contributed by atoms with Crippen molar-refractivity contribution < 1.29 is 14.6 Å². The zero-order chi connectivity index (χ0) is 13.0. The highest BCUT2D eigenvalue weighted by Crippen LogP contribution is 2.23. The summed E-state index contributed by atoms with van der Waals surface area (Å²) < 4.78 is 5.14. The molecule has 0 aliphatic rings. The number of nitrogens with zero attached hydrogens (tertiary/aromatic N) is 1. The monoisotopic (exact) mass is 238 g/mol. The molecule has 0 aliphatic carbocycles. The zero-order valence-corrected chi connectivity index (χ0v) is 10.3. The van der Waals surface area contributed by atoms with Crippen molar-refractivity contribution in [1.29, 1.82) is 0 Å². The third-order valence-corrected chi connectivity index (χ3v) is 2.61. The van der Waals surface area contributed by atoms with E-state index in [9.17, 15) is 4.79 Å². The molecular formula is C12H18N2O3. The third kappa shape index (κ3) is 2.95. The molecule has 5 nitrogen and oxygen atoms in total. The van der Waals surface area contributed by atoms with E-state index in [-0.39, 0.29) is 12.5 Å². The molecule has 94 valence electrons. The van der Waals surface area contributed by atoms with Gasteiger partial charge in [-0.05, 0) is 30.7 Å². The van der Waals surface area contributed by atoms with Gasteiger partial charge in [0.15, 0.2) is 0 Å². The summed E-state index contributed by atoms with van der Waals surface area (Å²) in [5.74, 6) is 0.443. The van der Waals surface area contributed by atoms with Crippen LogP contribution in [0.5, 0.6) is 5.75 Å². The molecule has 0 radical (unpaired) electrons. The predicted octanol–water partition coefficient (Wildman–Crippen LogP) is 0.286. The predicted molar refractivity (Wildman–Crippen MR) is 66.2 cm³/mol. The van der Waals surface area contributed by atoms with E-state index in [0.717, 1.165) is 17.0 Å². The number of hydrogen-bond acceptors (Lipinski definition) is 4. The summed E-state index contributed by atoms with van der Waals surface area (Å²) in [7, 11) is 3.22. The second-order valence-electron chi connectivity index (χ2n) is 3.84. The number of carbonyl (C=O) groups excluding carboxylic acids is 1. The second-order valence-corrected chi connectivity index (χ2v) is 3.84. The Hall–Kier alpha value is -1.59. The van der Waals surface area contributed by atoms with Gasteiger partial charge >= 0.3 is 0 Å². The van der Waals surface area contributed by atoms with E-state index < -0.39 is 6.04 Å². The quantitative estimate of drug-likeness (QED) is 0.790. The van der Waals surface area contributed by atoms with Gasteiger partial charge < -0.3 is 20.5 Å². The van der Waals surface area contributed by atoms with Gasteiger partial charge in [-0.2, -0.15) is 0 Å². The molecule has 0 bridgehead atoms. The molecule has 5 heteroatoms. The molecule has 3 N–H and O–H groups in total. The fourth-order valence-corrected chi connectivity index (χ4v) is 1.53. The number of methoxy groups -OCH3 is 1. The lowest BCUT2D eigenvalue weighted by atomic mass is 10.1. The van der Waals surface area contributed by atoms with Crippen LogP contribution in [0.4, 0.5) is 5.69 Å². The van der Waals surface area contributed by atoms with Crippen LogP contribution in [0.15, 0.2) is 18.2 Å². The Balaban J connectivity index is 2.93. The first kappa shape index (κ1) is 13.5. The molecule has 1 atom stereocenters. The maximum atomic E-state index is 11.7. The van der Waals surface area contributed by atoms with Crippen LogP contribution < -0.4 is 15.4 Å². The Kier molecular flexibility index (Phi) is 4.48. The van der Waals surface area contributed by atoms with Crippen molar-refractivity contribution in [1.82, 2.24) is 0 Å². The van der Waals surface area contributed by atoms with Gasteiger partial charge in [0.2, 0.25) is 5.91 Å². The fourth-order valence-electron chi connectivity index (χ4n) is 1.53. The van der Waals surface area contributed by atoms with Crippen molar-refractivity contribution in [3.63, 3.8) is 0 Å². The zero-order valence-electron chi connectivity index (χ0n) is 10.3. The lowest BCUT2D eigenvalue weighted by Gasteiger charge is -2.21. The SMILES string of the molecule is COc1ccc(N(C)C(=O)C(N)CO)cc1C. The Bertz CT molecular complexity index is 407. The molecule has 17 heavy (non-hydrogen) atoms. The van der Waals surface area contributed by atoms with Gasteiger partial charge in [0.05, 0.1) is 13.7 Å². The number of likely N-dealkylation sites (N-methyl/N-ethyl adjacent to an activating group) is 1. The molecule has 1 aromatic carbocycles. The van der Waals surface area contributed by atoms with Crippen molar-refractivity contribution in [2.75, 3.05) is 25.7 Å². The number of nitrogens with two attached hydrogens (primary N) is 1. The summed E-state index contributed by atoms with van der Waals surface area (Å²) in [6.07, 6.45) is 0. The summed E-state index contributed by atoms with van der Waals surface area (Å²) >= 11 is 0. The van der Waals surface area contributed by atoms with E-state index in [2.05, 4.69) is 0 Å². The van der Waals surface area contributed by atoms with Crippen LogP contribution in [0.25, 0.3) is 0 Å². The smallest absolute Gasteiger partial charge is 0.246 e. The molecule has 0 aliphatic heterocycles. The highest BCUT2D eigenvalue weighted by Gasteiger charge is 2.18. The van der Waals surface area contributed by atoms with Crippen LogP contribution in [-0.4, -0.2) is 37.8 Å². The van der Waals surface area contributed by atoms with Crippen LogP contribution in [-0.2, 0) is 4.79 Å². The standard InChI is InChI=1S/C12H18N2O3/c1-8-6-9(4-5-11(8)17-3)14(2)12(16)10(13)7-15/h4-6,10,15H,7,13H2,1-3H3. The summed E-state index contributed by atoms with van der Waals surface area (Å²) in [5, 5.41) is 8.85. The van der Waals surface area contributed by atoms with Crippen molar-refractivity contribution in [2.24, 2.45) is 5.73 Å². The highest BCUT2D eigenvalue weighted by molar-refractivity contribution is 5.96. The average Bonchev–Trinajstić information content (AvgIpc) is 2.35. The molecule has 0 fully saturated rings. The van der Waals surface area contributed by atoms with E-state index in [1.807, 2.05) is 13.0 Å². The van der Waals surface area contributed by atoms with Crippen molar-refractivity contribution in [2.45, 2.75) is 13.0 Å². The molecule has 0 aromatic heterocycles. The second kappa shape index (κ2) is 5.65. The Labute approximate surface area is 101 Å². The van der Waals surface area contributed by atoms with E-state index in [0.29, 0.717) is 0 Å². The van der Waals surface area contributed by atoms with E-state index in [1.165, 1.54) is 4.90 Å². The third-order valence-electron chi connectivity index (χ3n) is 2.61. The van der Waals surface area contributed by atoms with Crippen molar-refractivity contribution >= 4 is 11.6 Å². The molecular weight excluding hydrogens is 220 g/mol. The van der Waals surface area contributed by atoms with Gasteiger partial charge in [-0.3, -0.25) is 4.79 Å². The average molecular weight is 238 g/mol. The Morgan fingerprint density at radius 1 is 1.59 bits per heavy atom. The van der Waals surface area contributed by atoms with Crippen LogP contribution in [0.3, 0.4) is 0 Å². The van der Waals surface area contributed by atoms with E-state index >= 15 is 0 Å². The number of anilines is 1. The van der Waals surface area contributed by atoms with Crippen molar-refractivity contribution in [3.8, 4) is 5.75 Å². The minimum absolute atomic E-state index is 0.322. The highest BCUT2D eigenvalue weighted by atomic mass is 16.5. The minimum Gasteiger partial charge on any atom is -0.496 e. The maximum Gasteiger partial charge on any atom is 0.246 e. The number of rotatable bonds is 4. The number of aryl methyl sites for hydroxylation is 1. The van der Waals surface area contributed by atoms with Crippen LogP contribution in [0.2, 0.25) is 0 Å². The van der Waals surface area contributed by atoms with Gasteiger partial charge in [-0.1, -0.05) is 0 Å². The normalized spacial score (nSPS) is 12.1. The minimum atomic E-state index is -0.887. The molecule has 0 saturated carbocycles. The summed E-state index contributed by atoms with van der Waals surface area (Å²) in [5.41, 5.74) is 7.14. The molecule has 1 unspecified atom stereocenters. The summed E-state index contributed by atoms with van der Waals surface area (Å²) in [6, 6.07) is 4.51. The summed E-state index contributed by atoms with van der Waals surface area (Å²) in [6.45, 7) is 1.53. The van der Waals surface area contributed by atoms with Crippen LogP contribution >= 0.6 is 0 Å². The molecule has 1 aromatic rings. The first-order chi connectivity index (χ1) is 8.01. The molecule has 0 saturated heterocycles. The van der Waals surface area contributed by atoms with Gasteiger partial charge in [0.25, 0.3) is 0 Å². The Morgan fingerprint density at radius 3 is 2.71 bits per heavy atom. The number of aliphatic hydroxyl groups is 1. The van der Waals surface area contributed by atoms with Gasteiger partial charge in [-0.25, -0.2) is 0 Å². The lowest BCUT2D eigenvalue weighted by Crippen LogP contribution is -2.44. The number of amides is 1. The topological polar surface area (TPSA) is 75.8 Å². The molecule has 1 rings (SSSR count). The maximum absolute atomic E-state index is 11.7. The molecule has 0 spiro atoms. The Morgan fingerprint density at radius 2 is 2.24 bits per heavy atom. The lowest BCUT2D eigenvalue weighted by molar-refractivity contribution is -0.120. The number of ether oxygens (including phenoxy) is 1. The molecule has 1 amide bonds. The van der Waals surface area contributed by atoms with Gasteiger partial charge in [-0.15, -0.1) is 0 Å². The van der Waals surface area contributed by atoms with E-state index in [1.54, 1.807) is 26.3 Å². The largest absolute Gasteiger partial charge is 0.496 e. The summed E-state index contributed by atoms with van der Waals surface area (Å²) in [4.78, 5) is 13.2. The number of aliphatic hydroxyl groups excluding tert-OH is 1. The number of benzene rings is 1. The fraction of sp³-hybridized carbons (Fsp3) is 0.417. The number of carbonyl (C=O) groups is 1. The number of hydrogen-bond donors (Lipinski definition) is 2. The van der Waals surface area contributed by atoms with Crippen LogP contribution in [0.1, 0.15) is 5.56 Å². The van der Waals surface area contributed by atoms with E-state index in [4.69, 9.17) is 15.6 Å². The van der Waals surface area contributed by atoms with Crippen molar-refractivity contribution in [3.05, 3.63) is 23.8 Å². The van der Waals surface area contributed by atoms with Gasteiger partial charge in [0, 0.05) is 12.7 Å².